The topological polar surface area (TPSA) is 89.1 Å². The molecule has 0 aliphatic heterocycles. The second-order valence-electron chi connectivity index (χ2n) is 5.25. The molecule has 0 aliphatic rings. The highest BCUT2D eigenvalue weighted by molar-refractivity contribution is 6.15. The number of furan rings is 1. The van der Waals surface area contributed by atoms with Crippen LogP contribution in [0.4, 0.5) is 0 Å². The molecule has 2 N–H and O–H groups in total. The molecular formula is C19H16O6. The summed E-state index contributed by atoms with van der Waals surface area (Å²) in [7, 11) is 2.78. The SMILES string of the molecule is COc1c(C(=O)/C=C/c2cccc(O)c2)c(O)c(OC)c2occc12. The van der Waals surface area contributed by atoms with Gasteiger partial charge < -0.3 is 24.1 Å². The van der Waals surface area contributed by atoms with Crippen molar-refractivity contribution >= 4 is 22.8 Å². The van der Waals surface area contributed by atoms with E-state index in [4.69, 9.17) is 13.9 Å². The molecule has 25 heavy (non-hydrogen) atoms. The number of ketones is 1. The van der Waals surface area contributed by atoms with Crippen LogP contribution in [0.5, 0.6) is 23.0 Å². The van der Waals surface area contributed by atoms with Gasteiger partial charge in [-0.25, -0.2) is 0 Å². The van der Waals surface area contributed by atoms with Crippen LogP contribution in [0.25, 0.3) is 17.0 Å². The summed E-state index contributed by atoms with van der Waals surface area (Å²) in [5.74, 6) is -0.467. The molecule has 0 bridgehead atoms. The van der Waals surface area contributed by atoms with E-state index in [0.717, 1.165) is 0 Å². The number of allylic oxidation sites excluding steroid dienone is 1. The molecule has 0 radical (unpaired) electrons. The first-order valence-electron chi connectivity index (χ1n) is 7.42. The number of phenolic OH excluding ortho intramolecular Hbond substituents is 2. The summed E-state index contributed by atoms with van der Waals surface area (Å²) in [5, 5.41) is 20.5. The normalized spacial score (nSPS) is 11.1. The molecule has 1 heterocycles. The standard InChI is InChI=1S/C19H16O6/c1-23-17-13-8-9-25-18(13)19(24-2)16(22)15(17)14(21)7-6-11-4-3-5-12(20)10-11/h3-10,20,22H,1-2H3/b7-6+. The number of phenols is 2. The van der Waals surface area contributed by atoms with E-state index in [1.165, 1.54) is 44.8 Å². The van der Waals surface area contributed by atoms with E-state index in [-0.39, 0.29) is 28.6 Å². The third-order valence-electron chi connectivity index (χ3n) is 3.75. The van der Waals surface area contributed by atoms with Gasteiger partial charge in [0, 0.05) is 0 Å². The van der Waals surface area contributed by atoms with Crippen LogP contribution < -0.4 is 9.47 Å². The van der Waals surface area contributed by atoms with E-state index in [1.54, 1.807) is 18.2 Å². The van der Waals surface area contributed by atoms with Gasteiger partial charge in [0.1, 0.15) is 17.1 Å². The fourth-order valence-electron chi connectivity index (χ4n) is 2.64. The number of fused-ring (bicyclic) bond motifs is 1. The average molecular weight is 340 g/mol. The predicted octanol–water partition coefficient (Wildman–Crippen LogP) is 3.76. The average Bonchev–Trinajstić information content (AvgIpc) is 3.08. The lowest BCUT2D eigenvalue weighted by Crippen LogP contribution is -2.02. The van der Waals surface area contributed by atoms with E-state index in [9.17, 15) is 15.0 Å². The Morgan fingerprint density at radius 3 is 2.56 bits per heavy atom. The van der Waals surface area contributed by atoms with Gasteiger partial charge in [0.2, 0.25) is 5.75 Å². The van der Waals surface area contributed by atoms with E-state index in [2.05, 4.69) is 0 Å². The molecule has 0 spiro atoms. The highest BCUT2D eigenvalue weighted by Crippen LogP contribution is 2.45. The van der Waals surface area contributed by atoms with E-state index >= 15 is 0 Å². The maximum absolute atomic E-state index is 12.7. The van der Waals surface area contributed by atoms with Crippen molar-refractivity contribution in [3.05, 3.63) is 53.8 Å². The molecule has 0 atom stereocenters. The molecule has 0 saturated carbocycles. The summed E-state index contributed by atoms with van der Waals surface area (Å²) >= 11 is 0. The number of hydrogen-bond donors (Lipinski definition) is 2. The molecule has 0 saturated heterocycles. The van der Waals surface area contributed by atoms with Gasteiger partial charge in [-0.2, -0.15) is 0 Å². The molecule has 6 heteroatoms. The molecule has 3 rings (SSSR count). The molecule has 128 valence electrons. The Bertz CT molecular complexity index is 967. The molecule has 2 aromatic carbocycles. The van der Waals surface area contributed by atoms with Gasteiger partial charge in [0.15, 0.2) is 17.1 Å². The Balaban J connectivity index is 2.10. The fourth-order valence-corrected chi connectivity index (χ4v) is 2.64. The van der Waals surface area contributed by atoms with Gasteiger partial charge in [-0.15, -0.1) is 0 Å². The largest absolute Gasteiger partial charge is 0.508 e. The van der Waals surface area contributed by atoms with Crippen LogP contribution in [0.2, 0.25) is 0 Å². The number of carbonyl (C=O) groups excluding carboxylic acids is 1. The number of rotatable bonds is 5. The van der Waals surface area contributed by atoms with Gasteiger partial charge >= 0.3 is 0 Å². The van der Waals surface area contributed by atoms with Crippen LogP contribution >= 0.6 is 0 Å². The van der Waals surface area contributed by atoms with Gasteiger partial charge in [0.25, 0.3) is 0 Å². The van der Waals surface area contributed by atoms with Gasteiger partial charge in [-0.05, 0) is 29.8 Å². The smallest absolute Gasteiger partial charge is 0.205 e. The summed E-state index contributed by atoms with van der Waals surface area (Å²) in [6.45, 7) is 0. The van der Waals surface area contributed by atoms with Crippen LogP contribution in [0.15, 0.2) is 47.1 Å². The summed E-state index contributed by atoms with van der Waals surface area (Å²) in [4.78, 5) is 12.7. The van der Waals surface area contributed by atoms with Crippen molar-refractivity contribution in [2.75, 3.05) is 14.2 Å². The minimum Gasteiger partial charge on any atom is -0.508 e. The van der Waals surface area contributed by atoms with Crippen molar-refractivity contribution in [1.82, 2.24) is 0 Å². The third-order valence-corrected chi connectivity index (χ3v) is 3.75. The van der Waals surface area contributed by atoms with Crippen molar-refractivity contribution in [3.63, 3.8) is 0 Å². The van der Waals surface area contributed by atoms with Crippen LogP contribution in [-0.4, -0.2) is 30.2 Å². The monoisotopic (exact) mass is 340 g/mol. The lowest BCUT2D eigenvalue weighted by atomic mass is 10.0. The Morgan fingerprint density at radius 2 is 1.88 bits per heavy atom. The van der Waals surface area contributed by atoms with Crippen LogP contribution in [-0.2, 0) is 0 Å². The van der Waals surface area contributed by atoms with E-state index in [0.29, 0.717) is 16.5 Å². The minimum atomic E-state index is -0.473. The number of aromatic hydroxyl groups is 2. The lowest BCUT2D eigenvalue weighted by molar-refractivity contribution is 0.104. The summed E-state index contributed by atoms with van der Waals surface area (Å²) in [6.07, 6.45) is 4.25. The predicted molar refractivity (Wildman–Crippen MR) is 92.5 cm³/mol. The Hall–Kier alpha value is -3.41. The van der Waals surface area contributed by atoms with Crippen molar-refractivity contribution in [2.24, 2.45) is 0 Å². The molecule has 0 unspecified atom stereocenters. The minimum absolute atomic E-state index is 0.0235. The molecule has 1 aromatic heterocycles. The first kappa shape index (κ1) is 16.4. The number of hydrogen-bond acceptors (Lipinski definition) is 6. The first-order valence-corrected chi connectivity index (χ1v) is 7.42. The molecule has 6 nitrogen and oxygen atoms in total. The van der Waals surface area contributed by atoms with Crippen molar-refractivity contribution in [3.8, 4) is 23.0 Å². The Labute approximate surface area is 143 Å². The highest BCUT2D eigenvalue weighted by Gasteiger charge is 2.26. The molecule has 0 amide bonds. The summed E-state index contributed by atoms with van der Waals surface area (Å²) in [6, 6.07) is 8.08. The van der Waals surface area contributed by atoms with Gasteiger partial charge in [-0.3, -0.25) is 4.79 Å². The maximum Gasteiger partial charge on any atom is 0.205 e. The van der Waals surface area contributed by atoms with Gasteiger partial charge in [0.05, 0.1) is 25.9 Å². The zero-order chi connectivity index (χ0) is 18.0. The van der Waals surface area contributed by atoms with E-state index < -0.39 is 5.78 Å². The number of ether oxygens (including phenoxy) is 2. The zero-order valence-electron chi connectivity index (χ0n) is 13.6. The quantitative estimate of drug-likeness (QED) is 0.543. The van der Waals surface area contributed by atoms with Crippen LogP contribution in [0.3, 0.4) is 0 Å². The van der Waals surface area contributed by atoms with Crippen molar-refractivity contribution in [1.29, 1.82) is 0 Å². The van der Waals surface area contributed by atoms with Crippen LogP contribution in [0, 0.1) is 0 Å². The second kappa shape index (κ2) is 6.60. The number of benzene rings is 2. The molecule has 0 fully saturated rings. The van der Waals surface area contributed by atoms with E-state index in [1.807, 2.05) is 0 Å². The third kappa shape index (κ3) is 2.89. The van der Waals surface area contributed by atoms with Crippen LogP contribution in [0.1, 0.15) is 15.9 Å². The van der Waals surface area contributed by atoms with Gasteiger partial charge in [-0.1, -0.05) is 18.2 Å². The number of methoxy groups -OCH3 is 2. The van der Waals surface area contributed by atoms with Crippen molar-refractivity contribution in [2.45, 2.75) is 0 Å². The molecule has 3 aromatic rings. The first-order chi connectivity index (χ1) is 12.1. The second-order valence-corrected chi connectivity index (χ2v) is 5.25. The highest BCUT2D eigenvalue weighted by atomic mass is 16.5. The fraction of sp³-hybridized carbons (Fsp3) is 0.105. The number of carbonyl (C=O) groups is 1. The lowest BCUT2D eigenvalue weighted by Gasteiger charge is -2.13. The summed E-state index contributed by atoms with van der Waals surface area (Å²) < 4.78 is 15.8. The molecular weight excluding hydrogens is 324 g/mol. The summed E-state index contributed by atoms with van der Waals surface area (Å²) in [5.41, 5.74) is 0.915. The Morgan fingerprint density at radius 1 is 1.12 bits per heavy atom. The molecule has 0 aliphatic carbocycles. The maximum atomic E-state index is 12.7. The van der Waals surface area contributed by atoms with Crippen molar-refractivity contribution < 1.29 is 28.9 Å². The zero-order valence-corrected chi connectivity index (χ0v) is 13.6. The Kier molecular flexibility index (Phi) is 4.35.